The van der Waals surface area contributed by atoms with Crippen molar-refractivity contribution < 1.29 is 9.32 Å². The monoisotopic (exact) mass is 325 g/mol. The number of hydrogen-bond acceptors (Lipinski definition) is 5. The van der Waals surface area contributed by atoms with Crippen LogP contribution in [-0.2, 0) is 11.2 Å². The van der Waals surface area contributed by atoms with Gasteiger partial charge in [0.2, 0.25) is 5.91 Å². The van der Waals surface area contributed by atoms with Crippen LogP contribution in [0.5, 0.6) is 0 Å². The fraction of sp³-hybridized carbons (Fsp3) is 0.294. The number of pyridine rings is 1. The Labute approximate surface area is 139 Å². The van der Waals surface area contributed by atoms with E-state index in [0.717, 1.165) is 22.6 Å². The van der Waals surface area contributed by atoms with Crippen molar-refractivity contribution in [3.63, 3.8) is 0 Å². The maximum atomic E-state index is 12.2. The van der Waals surface area contributed by atoms with Crippen molar-refractivity contribution in [3.8, 4) is 5.82 Å². The molecule has 0 aliphatic carbocycles. The Morgan fingerprint density at radius 1 is 1.25 bits per heavy atom. The van der Waals surface area contributed by atoms with Gasteiger partial charge in [-0.3, -0.25) is 4.79 Å². The third kappa shape index (κ3) is 3.19. The molecule has 0 saturated heterocycles. The summed E-state index contributed by atoms with van der Waals surface area (Å²) in [7, 11) is 0. The van der Waals surface area contributed by atoms with Crippen LogP contribution in [0.3, 0.4) is 0 Å². The molecular formula is C17H19N5O2. The molecule has 0 bridgehead atoms. The highest BCUT2D eigenvalue weighted by Crippen LogP contribution is 2.15. The number of rotatable bonds is 4. The number of nitrogens with zero attached hydrogens (tertiary/aromatic N) is 4. The summed E-state index contributed by atoms with van der Waals surface area (Å²) in [5.74, 6) is 1.25. The molecule has 3 heterocycles. The lowest BCUT2D eigenvalue weighted by atomic mass is 10.1. The summed E-state index contributed by atoms with van der Waals surface area (Å²) < 4.78 is 6.84. The molecule has 0 atom stereocenters. The van der Waals surface area contributed by atoms with Crippen LogP contribution in [-0.4, -0.2) is 25.8 Å². The molecule has 0 radical (unpaired) electrons. The normalized spacial score (nSPS) is 10.8. The zero-order valence-corrected chi connectivity index (χ0v) is 14.1. The van der Waals surface area contributed by atoms with Gasteiger partial charge in [-0.25, -0.2) is 9.67 Å². The average molecular weight is 325 g/mol. The Bertz CT molecular complexity index is 858. The van der Waals surface area contributed by atoms with E-state index in [1.54, 1.807) is 17.8 Å². The topological polar surface area (TPSA) is 85.8 Å². The Kier molecular flexibility index (Phi) is 4.16. The van der Waals surface area contributed by atoms with E-state index < -0.39 is 0 Å². The number of aromatic nitrogens is 4. The molecule has 7 heteroatoms. The summed E-state index contributed by atoms with van der Waals surface area (Å²) in [6.07, 6.45) is 1.84. The van der Waals surface area contributed by atoms with Crippen LogP contribution < -0.4 is 5.32 Å². The molecule has 0 unspecified atom stereocenters. The Balaban J connectivity index is 1.70. The molecule has 0 aliphatic rings. The molecule has 124 valence electrons. The van der Waals surface area contributed by atoms with Crippen LogP contribution in [0.15, 0.2) is 28.9 Å². The van der Waals surface area contributed by atoms with E-state index in [-0.39, 0.29) is 12.3 Å². The van der Waals surface area contributed by atoms with Crippen molar-refractivity contribution in [1.29, 1.82) is 0 Å². The van der Waals surface area contributed by atoms with Crippen LogP contribution in [0.1, 0.15) is 28.4 Å². The number of amides is 1. The molecule has 3 aromatic heterocycles. The second-order valence-corrected chi connectivity index (χ2v) is 5.77. The van der Waals surface area contributed by atoms with E-state index in [0.29, 0.717) is 17.3 Å². The molecule has 1 N–H and O–H groups in total. The van der Waals surface area contributed by atoms with Gasteiger partial charge >= 0.3 is 0 Å². The first-order valence-corrected chi connectivity index (χ1v) is 7.65. The Hall–Kier alpha value is -2.96. The first kappa shape index (κ1) is 15.9. The van der Waals surface area contributed by atoms with Crippen molar-refractivity contribution in [1.82, 2.24) is 19.9 Å². The maximum absolute atomic E-state index is 12.2. The quantitative estimate of drug-likeness (QED) is 0.797. The van der Waals surface area contributed by atoms with Crippen LogP contribution in [0.4, 0.5) is 5.69 Å². The molecule has 0 fully saturated rings. The molecule has 0 aliphatic heterocycles. The van der Waals surface area contributed by atoms with Crippen molar-refractivity contribution in [2.45, 2.75) is 34.1 Å². The van der Waals surface area contributed by atoms with E-state index in [1.165, 1.54) is 0 Å². The largest absolute Gasteiger partial charge is 0.361 e. The van der Waals surface area contributed by atoms with Crippen LogP contribution in [0, 0.1) is 27.7 Å². The summed E-state index contributed by atoms with van der Waals surface area (Å²) in [6.45, 7) is 7.53. The highest BCUT2D eigenvalue weighted by Gasteiger charge is 2.14. The summed E-state index contributed by atoms with van der Waals surface area (Å²) in [5, 5.41) is 11.1. The van der Waals surface area contributed by atoms with Gasteiger partial charge in [0.1, 0.15) is 5.76 Å². The summed E-state index contributed by atoms with van der Waals surface area (Å²) in [4.78, 5) is 16.5. The number of nitrogens with one attached hydrogen (secondary N) is 1. The predicted octanol–water partition coefficient (Wildman–Crippen LogP) is 2.67. The average Bonchev–Trinajstić information content (AvgIpc) is 3.04. The van der Waals surface area contributed by atoms with Crippen LogP contribution in [0.25, 0.3) is 5.82 Å². The zero-order chi connectivity index (χ0) is 17.3. The summed E-state index contributed by atoms with van der Waals surface area (Å²) in [5.41, 5.74) is 4.14. The number of anilines is 1. The van der Waals surface area contributed by atoms with Crippen molar-refractivity contribution in [2.75, 3.05) is 5.32 Å². The number of aryl methyl sites for hydroxylation is 4. The number of carbonyl (C=O) groups excluding carboxylic acids is 1. The molecule has 3 rings (SSSR count). The molecule has 1 amide bonds. The minimum Gasteiger partial charge on any atom is -0.361 e. The van der Waals surface area contributed by atoms with E-state index in [2.05, 4.69) is 20.6 Å². The molecule has 7 nitrogen and oxygen atoms in total. The third-order valence-electron chi connectivity index (χ3n) is 3.78. The van der Waals surface area contributed by atoms with E-state index in [9.17, 15) is 4.79 Å². The molecule has 3 aromatic rings. The lowest BCUT2D eigenvalue weighted by molar-refractivity contribution is -0.115. The zero-order valence-electron chi connectivity index (χ0n) is 14.1. The SMILES string of the molecule is Cc1cc(C)n(-c2ccc(NC(=O)Cc3c(C)noc3C)cn2)n1. The lowest BCUT2D eigenvalue weighted by Gasteiger charge is -2.07. The minimum atomic E-state index is -0.134. The van der Waals surface area contributed by atoms with Gasteiger partial charge in [-0.05, 0) is 45.9 Å². The molecule has 0 spiro atoms. The van der Waals surface area contributed by atoms with Gasteiger partial charge in [-0.2, -0.15) is 5.10 Å². The van der Waals surface area contributed by atoms with Gasteiger partial charge in [0, 0.05) is 11.3 Å². The Morgan fingerprint density at radius 3 is 2.58 bits per heavy atom. The van der Waals surface area contributed by atoms with E-state index >= 15 is 0 Å². The lowest BCUT2D eigenvalue weighted by Crippen LogP contribution is -2.15. The molecule has 0 aromatic carbocycles. The number of hydrogen-bond donors (Lipinski definition) is 1. The van der Waals surface area contributed by atoms with Gasteiger partial charge in [0.05, 0.1) is 29.7 Å². The van der Waals surface area contributed by atoms with Gasteiger partial charge in [0.15, 0.2) is 5.82 Å². The Morgan fingerprint density at radius 2 is 2.04 bits per heavy atom. The first-order valence-electron chi connectivity index (χ1n) is 7.65. The summed E-state index contributed by atoms with van der Waals surface area (Å²) in [6, 6.07) is 5.62. The fourth-order valence-corrected chi connectivity index (χ4v) is 2.57. The van der Waals surface area contributed by atoms with E-state index in [4.69, 9.17) is 4.52 Å². The smallest absolute Gasteiger partial charge is 0.229 e. The minimum absolute atomic E-state index is 0.134. The van der Waals surface area contributed by atoms with Gasteiger partial charge in [-0.15, -0.1) is 0 Å². The second-order valence-electron chi connectivity index (χ2n) is 5.77. The maximum Gasteiger partial charge on any atom is 0.229 e. The van der Waals surface area contributed by atoms with Gasteiger partial charge in [0.25, 0.3) is 0 Å². The van der Waals surface area contributed by atoms with Gasteiger partial charge < -0.3 is 9.84 Å². The third-order valence-corrected chi connectivity index (χ3v) is 3.78. The van der Waals surface area contributed by atoms with E-state index in [1.807, 2.05) is 39.0 Å². The molecule has 0 saturated carbocycles. The molecular weight excluding hydrogens is 306 g/mol. The fourth-order valence-electron chi connectivity index (χ4n) is 2.57. The second kappa shape index (κ2) is 6.27. The van der Waals surface area contributed by atoms with Crippen molar-refractivity contribution >= 4 is 11.6 Å². The van der Waals surface area contributed by atoms with Crippen LogP contribution >= 0.6 is 0 Å². The highest BCUT2D eigenvalue weighted by atomic mass is 16.5. The van der Waals surface area contributed by atoms with Gasteiger partial charge in [-0.1, -0.05) is 5.16 Å². The van der Waals surface area contributed by atoms with Crippen molar-refractivity contribution in [3.05, 3.63) is 52.8 Å². The standard InChI is InChI=1S/C17H19N5O2/c1-10-7-11(2)22(20-10)16-6-5-14(9-18-16)19-17(23)8-15-12(3)21-24-13(15)4/h5-7,9H,8H2,1-4H3,(H,19,23). The summed E-state index contributed by atoms with van der Waals surface area (Å²) >= 11 is 0. The number of carbonyl (C=O) groups is 1. The van der Waals surface area contributed by atoms with Crippen LogP contribution in [0.2, 0.25) is 0 Å². The van der Waals surface area contributed by atoms with Crippen molar-refractivity contribution in [2.24, 2.45) is 0 Å². The predicted molar refractivity (Wildman–Crippen MR) is 89.1 cm³/mol. The first-order chi connectivity index (χ1) is 11.4. The highest BCUT2D eigenvalue weighted by molar-refractivity contribution is 5.92. The molecule has 24 heavy (non-hydrogen) atoms.